The topological polar surface area (TPSA) is 86.7 Å². The lowest BCUT2D eigenvalue weighted by atomic mass is 9.99. The first-order valence-corrected chi connectivity index (χ1v) is 9.80. The van der Waals surface area contributed by atoms with Crippen LogP contribution in [0.1, 0.15) is 32.3 Å². The van der Waals surface area contributed by atoms with Crippen LogP contribution in [0, 0.1) is 11.2 Å². The summed E-state index contributed by atoms with van der Waals surface area (Å²) in [4.78, 5) is 25.2. The number of halogens is 1. The number of ether oxygens (including phenoxy) is 2. The Balaban J connectivity index is 2.63. The molecule has 1 aromatic carbocycles. The molecule has 0 saturated heterocycles. The van der Waals surface area contributed by atoms with Crippen molar-refractivity contribution in [3.63, 3.8) is 0 Å². The van der Waals surface area contributed by atoms with Gasteiger partial charge in [-0.1, -0.05) is 19.1 Å². The molecule has 0 heterocycles. The van der Waals surface area contributed by atoms with Gasteiger partial charge in [0.1, 0.15) is 5.82 Å². The Labute approximate surface area is 146 Å². The quantitative estimate of drug-likeness (QED) is 0.536. The van der Waals surface area contributed by atoms with Gasteiger partial charge in [0, 0.05) is 11.7 Å². The van der Waals surface area contributed by atoms with Crippen molar-refractivity contribution < 1.29 is 31.9 Å². The first-order valence-electron chi connectivity index (χ1n) is 8.08. The highest BCUT2D eigenvalue weighted by Crippen LogP contribution is 2.64. The van der Waals surface area contributed by atoms with E-state index in [1.165, 1.54) is 25.1 Å². The van der Waals surface area contributed by atoms with Gasteiger partial charge in [-0.05, 0) is 31.5 Å². The van der Waals surface area contributed by atoms with Crippen LogP contribution in [0.4, 0.5) is 4.39 Å². The molecule has 1 fully saturated rings. The molecule has 2 rings (SSSR count). The van der Waals surface area contributed by atoms with Crippen molar-refractivity contribution in [1.29, 1.82) is 0 Å². The van der Waals surface area contributed by atoms with E-state index in [9.17, 15) is 22.4 Å². The standard InChI is InChI=1S/C17H21FO6S/c1-4-23-15(19)17(16(20)24-5-2)13(14(17)25(21,22)6-3)11-8-7-9-12(18)10-11/h7-10,13-14H,4-6H2,1-3H3/t13-,14-/m0/s1. The molecule has 1 aliphatic carbocycles. The lowest BCUT2D eigenvalue weighted by Crippen LogP contribution is -2.36. The van der Waals surface area contributed by atoms with Crippen LogP contribution < -0.4 is 0 Å². The Bertz CT molecular complexity index is 755. The zero-order valence-corrected chi connectivity index (χ0v) is 15.1. The zero-order valence-electron chi connectivity index (χ0n) is 14.3. The van der Waals surface area contributed by atoms with Gasteiger partial charge < -0.3 is 9.47 Å². The molecular weight excluding hydrogens is 351 g/mol. The maximum absolute atomic E-state index is 13.6. The van der Waals surface area contributed by atoms with E-state index in [-0.39, 0.29) is 24.5 Å². The molecule has 0 bridgehead atoms. The molecule has 1 saturated carbocycles. The molecule has 0 aromatic heterocycles. The van der Waals surface area contributed by atoms with Crippen LogP contribution in [0.5, 0.6) is 0 Å². The van der Waals surface area contributed by atoms with Gasteiger partial charge >= 0.3 is 11.9 Å². The summed E-state index contributed by atoms with van der Waals surface area (Å²) in [5, 5.41) is -1.33. The van der Waals surface area contributed by atoms with Crippen LogP contribution >= 0.6 is 0 Å². The Morgan fingerprint density at radius 1 is 1.12 bits per heavy atom. The average molecular weight is 372 g/mol. The minimum Gasteiger partial charge on any atom is -0.465 e. The van der Waals surface area contributed by atoms with Gasteiger partial charge in [-0.25, -0.2) is 12.8 Å². The predicted molar refractivity (Wildman–Crippen MR) is 88.1 cm³/mol. The predicted octanol–water partition coefficient (Wildman–Crippen LogP) is 1.84. The number of sulfone groups is 1. The van der Waals surface area contributed by atoms with Crippen molar-refractivity contribution in [3.8, 4) is 0 Å². The number of hydrogen-bond acceptors (Lipinski definition) is 6. The highest BCUT2D eigenvalue weighted by Gasteiger charge is 2.81. The zero-order chi connectivity index (χ0) is 18.8. The van der Waals surface area contributed by atoms with E-state index in [2.05, 4.69) is 0 Å². The van der Waals surface area contributed by atoms with Crippen molar-refractivity contribution in [2.45, 2.75) is 31.9 Å². The highest BCUT2D eigenvalue weighted by molar-refractivity contribution is 7.92. The van der Waals surface area contributed by atoms with Crippen LogP contribution in [0.15, 0.2) is 24.3 Å². The van der Waals surface area contributed by atoms with Crippen molar-refractivity contribution in [1.82, 2.24) is 0 Å². The molecule has 2 atom stereocenters. The molecule has 0 N–H and O–H groups in total. The SMILES string of the molecule is CCOC(=O)C1(C(=O)OCC)[C@@H](c2cccc(F)c2)[C@@H]1S(=O)(=O)CC. The van der Waals surface area contributed by atoms with Crippen LogP contribution in [0.2, 0.25) is 0 Å². The number of benzene rings is 1. The fraction of sp³-hybridized carbons (Fsp3) is 0.529. The molecule has 0 spiro atoms. The van der Waals surface area contributed by atoms with E-state index >= 15 is 0 Å². The Kier molecular flexibility index (Phi) is 5.51. The number of carbonyl (C=O) groups excluding carboxylic acids is 2. The van der Waals surface area contributed by atoms with E-state index in [0.29, 0.717) is 0 Å². The Morgan fingerprint density at radius 3 is 2.12 bits per heavy atom. The van der Waals surface area contributed by atoms with Crippen LogP contribution in [0.25, 0.3) is 0 Å². The van der Waals surface area contributed by atoms with Gasteiger partial charge in [0.25, 0.3) is 0 Å². The van der Waals surface area contributed by atoms with Crippen molar-refractivity contribution in [3.05, 3.63) is 35.6 Å². The van der Waals surface area contributed by atoms with E-state index in [4.69, 9.17) is 9.47 Å². The van der Waals surface area contributed by atoms with Gasteiger partial charge in [0.2, 0.25) is 0 Å². The van der Waals surface area contributed by atoms with Gasteiger partial charge in [-0.3, -0.25) is 9.59 Å². The number of hydrogen-bond donors (Lipinski definition) is 0. The number of esters is 2. The molecule has 8 heteroatoms. The van der Waals surface area contributed by atoms with Crippen molar-refractivity contribution in [2.75, 3.05) is 19.0 Å². The van der Waals surface area contributed by atoms with E-state index in [1.807, 2.05) is 0 Å². The molecule has 0 aliphatic heterocycles. The smallest absolute Gasteiger partial charge is 0.325 e. The summed E-state index contributed by atoms with van der Waals surface area (Å²) in [6.07, 6.45) is 0. The van der Waals surface area contributed by atoms with Gasteiger partial charge in [-0.2, -0.15) is 0 Å². The summed E-state index contributed by atoms with van der Waals surface area (Å²) in [6.45, 7) is 4.50. The van der Waals surface area contributed by atoms with Gasteiger partial charge in [0.05, 0.1) is 18.5 Å². The molecule has 1 aromatic rings. The number of rotatable bonds is 7. The highest BCUT2D eigenvalue weighted by atomic mass is 32.2. The lowest BCUT2D eigenvalue weighted by molar-refractivity contribution is -0.164. The largest absolute Gasteiger partial charge is 0.465 e. The van der Waals surface area contributed by atoms with Crippen molar-refractivity contribution in [2.24, 2.45) is 5.41 Å². The summed E-state index contributed by atoms with van der Waals surface area (Å²) in [5.41, 5.74) is -1.74. The number of carbonyl (C=O) groups is 2. The second kappa shape index (κ2) is 7.11. The Hall–Kier alpha value is -1.96. The van der Waals surface area contributed by atoms with Gasteiger partial charge in [-0.15, -0.1) is 0 Å². The summed E-state index contributed by atoms with van der Waals surface area (Å²) in [5.74, 6) is -3.79. The third-order valence-corrected chi connectivity index (χ3v) is 6.58. The van der Waals surface area contributed by atoms with Crippen molar-refractivity contribution >= 4 is 21.8 Å². The molecule has 0 amide bonds. The second-order valence-corrected chi connectivity index (χ2v) is 8.13. The maximum atomic E-state index is 13.6. The molecule has 138 valence electrons. The lowest BCUT2D eigenvalue weighted by Gasteiger charge is -2.15. The minimum absolute atomic E-state index is 0.0191. The molecule has 0 unspecified atom stereocenters. The van der Waals surface area contributed by atoms with Crippen LogP contribution in [0.3, 0.4) is 0 Å². The summed E-state index contributed by atoms with van der Waals surface area (Å²) >= 11 is 0. The van der Waals surface area contributed by atoms with Gasteiger partial charge in [0.15, 0.2) is 15.3 Å². The van der Waals surface area contributed by atoms with Crippen LogP contribution in [-0.2, 0) is 28.9 Å². The van der Waals surface area contributed by atoms with E-state index in [1.54, 1.807) is 13.8 Å². The maximum Gasteiger partial charge on any atom is 0.325 e. The fourth-order valence-corrected chi connectivity index (χ4v) is 5.21. The Morgan fingerprint density at radius 2 is 1.68 bits per heavy atom. The van der Waals surface area contributed by atoms with Crippen LogP contribution in [-0.4, -0.2) is 44.6 Å². The molecule has 25 heavy (non-hydrogen) atoms. The molecule has 0 radical (unpaired) electrons. The first-order chi connectivity index (χ1) is 11.8. The summed E-state index contributed by atoms with van der Waals surface area (Å²) < 4.78 is 48.7. The molecular formula is C17H21FO6S. The monoisotopic (exact) mass is 372 g/mol. The fourth-order valence-electron chi connectivity index (χ4n) is 3.23. The van der Waals surface area contributed by atoms with E-state index < -0.39 is 44.2 Å². The molecule has 6 nitrogen and oxygen atoms in total. The average Bonchev–Trinajstić information content (AvgIpc) is 3.28. The summed E-state index contributed by atoms with van der Waals surface area (Å²) in [7, 11) is -3.79. The first kappa shape index (κ1) is 19.4. The second-order valence-electron chi connectivity index (χ2n) is 5.71. The summed E-state index contributed by atoms with van der Waals surface area (Å²) in [6, 6.07) is 5.22. The molecule has 1 aliphatic rings. The normalized spacial score (nSPS) is 21.4. The third-order valence-electron chi connectivity index (χ3n) is 4.36. The minimum atomic E-state index is -3.79. The third kappa shape index (κ3) is 3.15. The van der Waals surface area contributed by atoms with E-state index in [0.717, 1.165) is 6.07 Å².